The first-order chi connectivity index (χ1) is 5.38. The van der Waals surface area contributed by atoms with E-state index >= 15 is 0 Å². The molecule has 2 nitrogen and oxygen atoms in total. The van der Waals surface area contributed by atoms with Crippen molar-refractivity contribution in [3.63, 3.8) is 0 Å². The Morgan fingerprint density at radius 2 is 1.64 bits per heavy atom. The van der Waals surface area contributed by atoms with Crippen molar-refractivity contribution in [1.29, 1.82) is 0 Å². The average Bonchev–Trinajstić information content (AvgIpc) is 2.03. The molecular weight excluding hydrogens is 138 g/mol. The highest BCUT2D eigenvalue weighted by Gasteiger charge is 2.32. The maximum absolute atomic E-state index is 10.3. The molecule has 2 heteroatoms. The fourth-order valence-corrected chi connectivity index (χ4v) is 2.78. The quantitative estimate of drug-likeness (QED) is 0.532. The number of hydrogen-bond donors (Lipinski definition) is 0. The van der Waals surface area contributed by atoms with Gasteiger partial charge in [0, 0.05) is 0 Å². The molecule has 0 aromatic heterocycles. The molecule has 0 N–H and O–H groups in total. The zero-order valence-corrected chi connectivity index (χ0v) is 6.83. The molecule has 2 atom stereocenters. The van der Waals surface area contributed by atoms with Crippen LogP contribution in [0.5, 0.6) is 0 Å². The Kier molecular flexibility index (Phi) is 1.93. The van der Waals surface area contributed by atoms with Gasteiger partial charge in [-0.25, -0.2) is 0 Å². The summed E-state index contributed by atoms with van der Waals surface area (Å²) in [5.41, 5.74) is 0. The SMILES string of the molecule is O=NC1CC2CCCC(C2)C1. The van der Waals surface area contributed by atoms with Gasteiger partial charge >= 0.3 is 0 Å². The zero-order valence-electron chi connectivity index (χ0n) is 6.83. The maximum atomic E-state index is 10.3. The minimum absolute atomic E-state index is 0.166. The number of rotatable bonds is 1. The molecule has 2 aliphatic carbocycles. The minimum atomic E-state index is 0.166. The minimum Gasteiger partial charge on any atom is -0.151 e. The molecule has 2 fully saturated rings. The lowest BCUT2D eigenvalue weighted by Crippen LogP contribution is -2.28. The third kappa shape index (κ3) is 1.44. The molecule has 2 aliphatic rings. The lowest BCUT2D eigenvalue weighted by atomic mass is 9.71. The third-order valence-corrected chi connectivity index (χ3v) is 3.25. The summed E-state index contributed by atoms with van der Waals surface area (Å²) in [5.74, 6) is 1.68. The van der Waals surface area contributed by atoms with Crippen LogP contribution in [0.1, 0.15) is 38.5 Å². The first-order valence-corrected chi connectivity index (χ1v) is 4.71. The predicted molar refractivity (Wildman–Crippen MR) is 44.3 cm³/mol. The van der Waals surface area contributed by atoms with Crippen molar-refractivity contribution in [2.75, 3.05) is 0 Å². The Bertz CT molecular complexity index is 146. The van der Waals surface area contributed by atoms with Crippen molar-refractivity contribution < 1.29 is 0 Å². The van der Waals surface area contributed by atoms with Gasteiger partial charge in [-0.1, -0.05) is 24.4 Å². The van der Waals surface area contributed by atoms with E-state index in [2.05, 4.69) is 5.18 Å². The summed E-state index contributed by atoms with van der Waals surface area (Å²) in [7, 11) is 0. The molecule has 2 unspecified atom stereocenters. The summed E-state index contributed by atoms with van der Waals surface area (Å²) in [6.07, 6.45) is 7.64. The van der Waals surface area contributed by atoms with Gasteiger partial charge in [-0.05, 0) is 31.1 Å². The van der Waals surface area contributed by atoms with Gasteiger partial charge in [0.2, 0.25) is 0 Å². The Hall–Kier alpha value is -0.400. The van der Waals surface area contributed by atoms with Gasteiger partial charge in [-0.3, -0.25) is 0 Å². The first-order valence-electron chi connectivity index (χ1n) is 4.71. The third-order valence-electron chi connectivity index (χ3n) is 3.25. The molecule has 0 heterocycles. The van der Waals surface area contributed by atoms with E-state index in [0.29, 0.717) is 0 Å². The highest BCUT2D eigenvalue weighted by Crippen LogP contribution is 2.40. The summed E-state index contributed by atoms with van der Waals surface area (Å²) in [4.78, 5) is 10.3. The van der Waals surface area contributed by atoms with E-state index in [9.17, 15) is 4.91 Å². The molecule has 0 saturated heterocycles. The molecule has 0 radical (unpaired) electrons. The Morgan fingerprint density at radius 3 is 2.18 bits per heavy atom. The molecule has 2 rings (SSSR count). The van der Waals surface area contributed by atoms with Crippen molar-refractivity contribution in [3.05, 3.63) is 4.91 Å². The van der Waals surface area contributed by atoms with E-state index < -0.39 is 0 Å². The fraction of sp³-hybridized carbons (Fsp3) is 1.00. The summed E-state index contributed by atoms with van der Waals surface area (Å²) in [6, 6.07) is 0.166. The van der Waals surface area contributed by atoms with E-state index in [1.54, 1.807) is 0 Å². The van der Waals surface area contributed by atoms with Gasteiger partial charge in [-0.15, -0.1) is 0 Å². The van der Waals surface area contributed by atoms with Gasteiger partial charge in [0.05, 0.1) is 6.04 Å². The highest BCUT2D eigenvalue weighted by atomic mass is 16.3. The molecule has 62 valence electrons. The van der Waals surface area contributed by atoms with Gasteiger partial charge in [-0.2, -0.15) is 4.91 Å². The van der Waals surface area contributed by atoms with E-state index in [1.807, 2.05) is 0 Å². The molecule has 2 saturated carbocycles. The van der Waals surface area contributed by atoms with Crippen LogP contribution in [0.25, 0.3) is 0 Å². The number of nitroso groups, excluding NO2 is 1. The summed E-state index contributed by atoms with van der Waals surface area (Å²) in [6.45, 7) is 0. The van der Waals surface area contributed by atoms with Crippen LogP contribution >= 0.6 is 0 Å². The van der Waals surface area contributed by atoms with Crippen molar-refractivity contribution in [2.45, 2.75) is 44.6 Å². The molecule has 11 heavy (non-hydrogen) atoms. The van der Waals surface area contributed by atoms with Crippen molar-refractivity contribution >= 4 is 0 Å². The second-order valence-electron chi connectivity index (χ2n) is 4.13. The summed E-state index contributed by atoms with van der Waals surface area (Å²) < 4.78 is 0. The van der Waals surface area contributed by atoms with E-state index in [-0.39, 0.29) is 6.04 Å². The van der Waals surface area contributed by atoms with Crippen molar-refractivity contribution in [1.82, 2.24) is 0 Å². The Balaban J connectivity index is 1.99. The smallest absolute Gasteiger partial charge is 0.0925 e. The number of hydrogen-bond acceptors (Lipinski definition) is 2. The van der Waals surface area contributed by atoms with Crippen LogP contribution in [0.15, 0.2) is 5.18 Å². The second-order valence-corrected chi connectivity index (χ2v) is 4.13. The summed E-state index contributed by atoms with van der Waals surface area (Å²) in [5, 5.41) is 3.18. The molecule has 0 aromatic carbocycles. The molecule has 0 spiro atoms. The lowest BCUT2D eigenvalue weighted by molar-refractivity contribution is 0.171. The molecular formula is C9H15NO. The average molecular weight is 153 g/mol. The van der Waals surface area contributed by atoms with E-state index in [4.69, 9.17) is 0 Å². The van der Waals surface area contributed by atoms with Gasteiger partial charge in [0.25, 0.3) is 0 Å². The second kappa shape index (κ2) is 2.92. The van der Waals surface area contributed by atoms with Gasteiger partial charge in [0.1, 0.15) is 0 Å². The fourth-order valence-electron chi connectivity index (χ4n) is 2.78. The zero-order chi connectivity index (χ0) is 7.68. The largest absolute Gasteiger partial charge is 0.151 e. The standard InChI is InChI=1S/C9H15NO/c11-10-9-5-7-2-1-3-8(4-7)6-9/h7-9H,1-6H2. The molecule has 0 aromatic rings. The Morgan fingerprint density at radius 1 is 1.00 bits per heavy atom. The molecule has 2 bridgehead atoms. The molecule has 0 amide bonds. The predicted octanol–water partition coefficient (Wildman–Crippen LogP) is 2.72. The van der Waals surface area contributed by atoms with Gasteiger partial charge in [0.15, 0.2) is 0 Å². The number of fused-ring (bicyclic) bond motifs is 2. The molecule has 0 aliphatic heterocycles. The van der Waals surface area contributed by atoms with E-state index in [0.717, 1.165) is 24.7 Å². The normalized spacial score (nSPS) is 43.5. The van der Waals surface area contributed by atoms with Crippen LogP contribution in [0.2, 0.25) is 0 Å². The Labute approximate surface area is 67.3 Å². The van der Waals surface area contributed by atoms with Crippen molar-refractivity contribution in [2.24, 2.45) is 17.0 Å². The van der Waals surface area contributed by atoms with Crippen LogP contribution in [0.3, 0.4) is 0 Å². The van der Waals surface area contributed by atoms with Crippen LogP contribution in [-0.2, 0) is 0 Å². The van der Waals surface area contributed by atoms with Crippen LogP contribution in [0.4, 0.5) is 0 Å². The van der Waals surface area contributed by atoms with Crippen LogP contribution < -0.4 is 0 Å². The lowest BCUT2D eigenvalue weighted by Gasteiger charge is -2.36. The highest BCUT2D eigenvalue weighted by molar-refractivity contribution is 4.85. The van der Waals surface area contributed by atoms with Gasteiger partial charge < -0.3 is 0 Å². The first kappa shape index (κ1) is 7.26. The van der Waals surface area contributed by atoms with E-state index in [1.165, 1.54) is 25.7 Å². The van der Waals surface area contributed by atoms with Crippen LogP contribution in [-0.4, -0.2) is 6.04 Å². The number of nitrogens with zero attached hydrogens (tertiary/aromatic N) is 1. The monoisotopic (exact) mass is 153 g/mol. The topological polar surface area (TPSA) is 29.4 Å². The maximum Gasteiger partial charge on any atom is 0.0925 e. The summed E-state index contributed by atoms with van der Waals surface area (Å²) >= 11 is 0. The van der Waals surface area contributed by atoms with Crippen molar-refractivity contribution in [3.8, 4) is 0 Å². The van der Waals surface area contributed by atoms with Crippen LogP contribution in [0, 0.1) is 16.7 Å².